The van der Waals surface area contributed by atoms with Crippen LogP contribution in [0.1, 0.15) is 10.4 Å². The topological polar surface area (TPSA) is 78.5 Å². The third-order valence-electron chi connectivity index (χ3n) is 4.69. The van der Waals surface area contributed by atoms with Gasteiger partial charge in [0.15, 0.2) is 0 Å². The highest BCUT2D eigenvalue weighted by Gasteiger charge is 2.40. The number of carbonyl (C=O) groups excluding carboxylic acids is 3. The molecule has 0 aliphatic carbocycles. The summed E-state index contributed by atoms with van der Waals surface area (Å²) in [7, 11) is 0. The molecule has 3 aromatic rings. The van der Waals surface area contributed by atoms with Gasteiger partial charge in [-0.1, -0.05) is 34.8 Å². The number of halogens is 4. The second-order valence-corrected chi connectivity index (χ2v) is 8.12. The lowest BCUT2D eigenvalue weighted by molar-refractivity contribution is -0.120. The van der Waals surface area contributed by atoms with Crippen LogP contribution < -0.4 is 15.5 Å². The Hall–Kier alpha value is -3.39. The van der Waals surface area contributed by atoms with E-state index in [1.165, 1.54) is 54.6 Å². The Bertz CT molecular complexity index is 1310. The van der Waals surface area contributed by atoms with E-state index in [0.717, 1.165) is 4.90 Å². The van der Waals surface area contributed by atoms with Crippen LogP contribution in [0.3, 0.4) is 0 Å². The maximum atomic E-state index is 13.0. The standard InChI is InChI=1S/C23H13Cl3FN3O3/c24-13-3-10-17(25)18(11-13)30-22(32)19(26)20(23(30)33)28-15-6-1-12(2-7-15)21(31)29-16-8-4-14(27)5-9-16/h1-11,28H,(H,29,31). The van der Waals surface area contributed by atoms with Crippen LogP contribution in [0.5, 0.6) is 0 Å². The number of rotatable bonds is 5. The Morgan fingerprint density at radius 3 is 2.12 bits per heavy atom. The number of anilines is 3. The predicted octanol–water partition coefficient (Wildman–Crippen LogP) is 5.82. The zero-order chi connectivity index (χ0) is 23.7. The van der Waals surface area contributed by atoms with Crippen molar-refractivity contribution in [2.45, 2.75) is 0 Å². The fourth-order valence-corrected chi connectivity index (χ4v) is 3.65. The summed E-state index contributed by atoms with van der Waals surface area (Å²) in [4.78, 5) is 38.7. The molecule has 1 aliphatic heterocycles. The normalized spacial score (nSPS) is 13.5. The summed E-state index contributed by atoms with van der Waals surface area (Å²) >= 11 is 18.2. The van der Waals surface area contributed by atoms with Crippen molar-refractivity contribution in [3.8, 4) is 0 Å². The van der Waals surface area contributed by atoms with Gasteiger partial charge in [0, 0.05) is 22.0 Å². The van der Waals surface area contributed by atoms with E-state index in [2.05, 4.69) is 10.6 Å². The van der Waals surface area contributed by atoms with Gasteiger partial charge in [-0.2, -0.15) is 0 Å². The molecule has 0 saturated carbocycles. The maximum Gasteiger partial charge on any atom is 0.283 e. The van der Waals surface area contributed by atoms with Crippen LogP contribution in [0.15, 0.2) is 77.5 Å². The van der Waals surface area contributed by atoms with Gasteiger partial charge in [0.2, 0.25) is 0 Å². The van der Waals surface area contributed by atoms with Crippen molar-refractivity contribution >= 4 is 69.6 Å². The van der Waals surface area contributed by atoms with Crippen molar-refractivity contribution in [2.24, 2.45) is 0 Å². The van der Waals surface area contributed by atoms with Crippen molar-refractivity contribution in [3.05, 3.63) is 98.9 Å². The van der Waals surface area contributed by atoms with Gasteiger partial charge in [-0.3, -0.25) is 14.4 Å². The highest BCUT2D eigenvalue weighted by atomic mass is 35.5. The third kappa shape index (κ3) is 4.71. The van der Waals surface area contributed by atoms with Crippen molar-refractivity contribution in [1.82, 2.24) is 0 Å². The SMILES string of the molecule is O=C(Nc1ccc(F)cc1)c1ccc(NC2=C(Cl)C(=O)N(c3cc(Cl)ccc3Cl)C2=O)cc1. The first-order chi connectivity index (χ1) is 15.7. The minimum Gasteiger partial charge on any atom is -0.350 e. The van der Waals surface area contributed by atoms with Gasteiger partial charge in [-0.05, 0) is 66.7 Å². The molecule has 3 amide bonds. The molecule has 0 atom stereocenters. The van der Waals surface area contributed by atoms with E-state index in [-0.39, 0.29) is 21.4 Å². The number of hydrogen-bond donors (Lipinski definition) is 2. The zero-order valence-corrected chi connectivity index (χ0v) is 18.8. The summed E-state index contributed by atoms with van der Waals surface area (Å²) in [5.41, 5.74) is 1.16. The lowest BCUT2D eigenvalue weighted by Crippen LogP contribution is -2.32. The third-order valence-corrected chi connectivity index (χ3v) is 5.60. The molecule has 0 fully saturated rings. The lowest BCUT2D eigenvalue weighted by atomic mass is 10.2. The van der Waals surface area contributed by atoms with Crippen molar-refractivity contribution in [3.63, 3.8) is 0 Å². The number of benzene rings is 3. The Morgan fingerprint density at radius 2 is 1.45 bits per heavy atom. The number of hydrogen-bond acceptors (Lipinski definition) is 4. The summed E-state index contributed by atoms with van der Waals surface area (Å²) in [5.74, 6) is -2.26. The zero-order valence-electron chi connectivity index (χ0n) is 16.5. The molecule has 0 aromatic heterocycles. The van der Waals surface area contributed by atoms with Crippen LogP contribution >= 0.6 is 34.8 Å². The first-order valence-corrected chi connectivity index (χ1v) is 10.6. The molecule has 2 N–H and O–H groups in total. The van der Waals surface area contributed by atoms with E-state index in [1.54, 1.807) is 12.1 Å². The molecule has 166 valence electrons. The Labute approximate surface area is 202 Å². The quantitative estimate of drug-likeness (QED) is 0.429. The largest absolute Gasteiger partial charge is 0.350 e. The van der Waals surface area contributed by atoms with Gasteiger partial charge < -0.3 is 10.6 Å². The molecule has 0 saturated heterocycles. The predicted molar refractivity (Wildman–Crippen MR) is 126 cm³/mol. The second-order valence-electron chi connectivity index (χ2n) is 6.89. The summed E-state index contributed by atoms with van der Waals surface area (Å²) in [5, 5.41) is 5.60. The van der Waals surface area contributed by atoms with Gasteiger partial charge >= 0.3 is 0 Å². The number of nitrogens with zero attached hydrogens (tertiary/aromatic N) is 1. The van der Waals surface area contributed by atoms with Crippen LogP contribution in [0.4, 0.5) is 21.5 Å². The summed E-state index contributed by atoms with van der Waals surface area (Å²) in [6, 6.07) is 15.9. The number of carbonyl (C=O) groups is 3. The molecule has 0 bridgehead atoms. The van der Waals surface area contributed by atoms with Crippen LogP contribution in [-0.2, 0) is 9.59 Å². The van der Waals surface area contributed by atoms with E-state index in [4.69, 9.17) is 34.8 Å². The highest BCUT2D eigenvalue weighted by Crippen LogP contribution is 2.35. The number of amides is 3. The lowest BCUT2D eigenvalue weighted by Gasteiger charge is -2.17. The molecule has 0 radical (unpaired) electrons. The van der Waals surface area contributed by atoms with Crippen molar-refractivity contribution < 1.29 is 18.8 Å². The second kappa shape index (κ2) is 9.23. The maximum absolute atomic E-state index is 13.0. The van der Waals surface area contributed by atoms with Crippen LogP contribution in [0.2, 0.25) is 10.0 Å². The smallest absolute Gasteiger partial charge is 0.283 e. The summed E-state index contributed by atoms with van der Waals surface area (Å²) < 4.78 is 13.0. The molecule has 33 heavy (non-hydrogen) atoms. The molecule has 3 aromatic carbocycles. The molecule has 0 unspecified atom stereocenters. The summed E-state index contributed by atoms with van der Waals surface area (Å²) in [6.07, 6.45) is 0. The molecule has 1 aliphatic rings. The minimum absolute atomic E-state index is 0.113. The monoisotopic (exact) mass is 503 g/mol. The fraction of sp³-hybridized carbons (Fsp3) is 0. The van der Waals surface area contributed by atoms with E-state index in [9.17, 15) is 18.8 Å². The minimum atomic E-state index is -0.747. The van der Waals surface area contributed by atoms with Crippen molar-refractivity contribution in [1.29, 1.82) is 0 Å². The molecule has 1 heterocycles. The molecule has 6 nitrogen and oxygen atoms in total. The molecular weight excluding hydrogens is 492 g/mol. The van der Waals surface area contributed by atoms with E-state index >= 15 is 0 Å². The van der Waals surface area contributed by atoms with Gasteiger partial charge in [-0.25, -0.2) is 9.29 Å². The van der Waals surface area contributed by atoms with Crippen LogP contribution in [-0.4, -0.2) is 17.7 Å². The molecule has 4 rings (SSSR count). The Morgan fingerprint density at radius 1 is 0.818 bits per heavy atom. The van der Waals surface area contributed by atoms with E-state index < -0.39 is 23.5 Å². The average molecular weight is 505 g/mol. The number of imide groups is 1. The van der Waals surface area contributed by atoms with Crippen LogP contribution in [0, 0.1) is 5.82 Å². The highest BCUT2D eigenvalue weighted by molar-refractivity contribution is 6.54. The number of nitrogens with one attached hydrogen (secondary N) is 2. The Balaban J connectivity index is 1.50. The summed E-state index contributed by atoms with van der Waals surface area (Å²) in [6.45, 7) is 0. The first kappa shape index (κ1) is 22.8. The molecular formula is C23H13Cl3FN3O3. The van der Waals surface area contributed by atoms with Crippen molar-refractivity contribution in [2.75, 3.05) is 15.5 Å². The molecule has 0 spiro atoms. The van der Waals surface area contributed by atoms with Gasteiger partial charge in [0.05, 0.1) is 10.7 Å². The Kier molecular flexibility index (Phi) is 6.37. The van der Waals surface area contributed by atoms with E-state index in [1.807, 2.05) is 0 Å². The fourth-order valence-electron chi connectivity index (χ4n) is 3.07. The average Bonchev–Trinajstić information content (AvgIpc) is 3.00. The van der Waals surface area contributed by atoms with Gasteiger partial charge in [0.25, 0.3) is 17.7 Å². The van der Waals surface area contributed by atoms with E-state index in [0.29, 0.717) is 22.0 Å². The van der Waals surface area contributed by atoms with Gasteiger partial charge in [-0.15, -0.1) is 0 Å². The van der Waals surface area contributed by atoms with Gasteiger partial charge in [0.1, 0.15) is 16.5 Å². The first-order valence-electron chi connectivity index (χ1n) is 9.42. The van der Waals surface area contributed by atoms with Crippen LogP contribution in [0.25, 0.3) is 0 Å². The molecule has 10 heteroatoms.